The highest BCUT2D eigenvalue weighted by Crippen LogP contribution is 2.30. The van der Waals surface area contributed by atoms with E-state index in [1.807, 2.05) is 6.92 Å². The molecule has 3 aromatic rings. The summed E-state index contributed by atoms with van der Waals surface area (Å²) in [5, 5.41) is 3.67. The minimum absolute atomic E-state index is 0.0566. The predicted molar refractivity (Wildman–Crippen MR) is 105 cm³/mol. The van der Waals surface area contributed by atoms with E-state index in [1.165, 1.54) is 30.3 Å². The number of fused-ring (bicyclic) bond motifs is 1. The number of halogens is 1. The van der Waals surface area contributed by atoms with Crippen molar-refractivity contribution in [3.8, 4) is 5.75 Å². The molecule has 0 radical (unpaired) electrons. The van der Waals surface area contributed by atoms with Gasteiger partial charge in [0.25, 0.3) is 0 Å². The highest BCUT2D eigenvalue weighted by atomic mass is 32.2. The average Bonchev–Trinajstić information content (AvgIpc) is 2.68. The monoisotopic (exact) mass is 402 g/mol. The summed E-state index contributed by atoms with van der Waals surface area (Å²) in [6, 6.07) is 15.2. The molecule has 0 unspecified atom stereocenters. The molecule has 0 fully saturated rings. The predicted octanol–water partition coefficient (Wildman–Crippen LogP) is 3.29. The van der Waals surface area contributed by atoms with Gasteiger partial charge in [-0.1, -0.05) is 24.3 Å². The Labute approximate surface area is 162 Å². The van der Waals surface area contributed by atoms with E-state index in [0.717, 1.165) is 0 Å². The Bertz CT molecular complexity index is 1100. The Morgan fingerprint density at radius 2 is 1.68 bits per heavy atom. The molecule has 0 saturated heterocycles. The second kappa shape index (κ2) is 8.37. The van der Waals surface area contributed by atoms with E-state index in [-0.39, 0.29) is 4.90 Å². The second-order valence-electron chi connectivity index (χ2n) is 5.92. The highest BCUT2D eigenvalue weighted by molar-refractivity contribution is 7.89. The molecule has 0 aliphatic carbocycles. The van der Waals surface area contributed by atoms with Gasteiger partial charge < -0.3 is 10.1 Å². The maximum Gasteiger partial charge on any atom is 0.241 e. The normalized spacial score (nSPS) is 11.4. The number of hydrogen-bond acceptors (Lipinski definition) is 4. The fourth-order valence-electron chi connectivity index (χ4n) is 2.74. The van der Waals surface area contributed by atoms with Crippen LogP contribution < -0.4 is 14.8 Å². The van der Waals surface area contributed by atoms with Crippen LogP contribution in [0.25, 0.3) is 10.8 Å². The number of carbonyl (C=O) groups is 1. The van der Waals surface area contributed by atoms with Crippen molar-refractivity contribution < 1.29 is 22.3 Å². The molecule has 1 amide bonds. The fraction of sp³-hybridized carbons (Fsp3) is 0.150. The number of nitrogens with one attached hydrogen (secondary N) is 2. The number of hydrogen-bond donors (Lipinski definition) is 2. The maximum absolute atomic E-state index is 12.9. The topological polar surface area (TPSA) is 84.5 Å². The molecule has 0 saturated carbocycles. The van der Waals surface area contributed by atoms with E-state index < -0.39 is 28.3 Å². The van der Waals surface area contributed by atoms with E-state index in [0.29, 0.717) is 28.8 Å². The summed E-state index contributed by atoms with van der Waals surface area (Å²) in [6.45, 7) is 1.85. The number of amides is 1. The quantitative estimate of drug-likeness (QED) is 0.635. The third-order valence-electron chi connectivity index (χ3n) is 3.98. The number of rotatable bonds is 7. The number of anilines is 1. The van der Waals surface area contributed by atoms with Crippen LogP contribution in [0.4, 0.5) is 10.1 Å². The first-order chi connectivity index (χ1) is 13.4. The molecule has 3 rings (SSSR count). The summed E-state index contributed by atoms with van der Waals surface area (Å²) in [5.41, 5.74) is 0.372. The molecule has 0 atom stereocenters. The van der Waals surface area contributed by atoms with Gasteiger partial charge in [-0.3, -0.25) is 4.79 Å². The van der Waals surface area contributed by atoms with Gasteiger partial charge in [0.05, 0.1) is 18.0 Å². The van der Waals surface area contributed by atoms with E-state index in [1.54, 1.807) is 30.3 Å². The molecule has 6 nitrogen and oxygen atoms in total. The third kappa shape index (κ3) is 4.47. The molecule has 0 aromatic heterocycles. The van der Waals surface area contributed by atoms with E-state index in [9.17, 15) is 17.6 Å². The van der Waals surface area contributed by atoms with Gasteiger partial charge in [-0.15, -0.1) is 0 Å². The fourth-order valence-corrected chi connectivity index (χ4v) is 3.93. The lowest BCUT2D eigenvalue weighted by Gasteiger charge is -2.13. The van der Waals surface area contributed by atoms with Crippen LogP contribution >= 0.6 is 0 Å². The Kier molecular flexibility index (Phi) is 5.91. The van der Waals surface area contributed by atoms with Crippen LogP contribution in [0.15, 0.2) is 65.6 Å². The molecular formula is C20H19FN2O4S. The van der Waals surface area contributed by atoms with Crippen molar-refractivity contribution in [3.05, 3.63) is 66.5 Å². The van der Waals surface area contributed by atoms with Crippen molar-refractivity contribution in [1.29, 1.82) is 0 Å². The van der Waals surface area contributed by atoms with Crippen molar-refractivity contribution >= 4 is 32.4 Å². The van der Waals surface area contributed by atoms with Crippen LogP contribution in [0.1, 0.15) is 6.92 Å². The van der Waals surface area contributed by atoms with Crippen molar-refractivity contribution in [2.45, 2.75) is 11.8 Å². The number of ether oxygens (including phenoxy) is 1. The Morgan fingerprint density at radius 3 is 2.36 bits per heavy atom. The lowest BCUT2D eigenvalue weighted by molar-refractivity contribution is -0.115. The summed E-state index contributed by atoms with van der Waals surface area (Å²) in [5.74, 6) is -0.405. The maximum atomic E-state index is 12.9. The van der Waals surface area contributed by atoms with Crippen molar-refractivity contribution in [2.75, 3.05) is 18.5 Å². The first-order valence-corrected chi connectivity index (χ1v) is 10.1. The molecule has 0 aliphatic heterocycles. The summed E-state index contributed by atoms with van der Waals surface area (Å²) in [7, 11) is -3.94. The third-order valence-corrected chi connectivity index (χ3v) is 5.44. The highest BCUT2D eigenvalue weighted by Gasteiger charge is 2.20. The van der Waals surface area contributed by atoms with Gasteiger partial charge in [-0.2, -0.15) is 0 Å². The molecule has 0 aliphatic rings. The zero-order valence-corrected chi connectivity index (χ0v) is 15.9. The van der Waals surface area contributed by atoms with Crippen LogP contribution in [0.2, 0.25) is 0 Å². The summed E-state index contributed by atoms with van der Waals surface area (Å²) in [6.07, 6.45) is 0. The molecule has 8 heteroatoms. The Morgan fingerprint density at radius 1 is 1.00 bits per heavy atom. The minimum Gasteiger partial charge on any atom is -0.493 e. The molecule has 146 valence electrons. The van der Waals surface area contributed by atoms with Crippen LogP contribution in [-0.4, -0.2) is 27.5 Å². The standard InChI is InChI=1S/C20H19FN2O4S/c1-2-27-18-11-12-19(17-6-4-3-5-16(17)18)28(25,26)22-13-20(24)23-15-9-7-14(21)8-10-15/h3-12,22H,2,13H2,1H3,(H,23,24). The molecule has 0 spiro atoms. The van der Waals surface area contributed by atoms with Crippen molar-refractivity contribution in [1.82, 2.24) is 4.72 Å². The van der Waals surface area contributed by atoms with Gasteiger partial charge in [-0.05, 0) is 43.3 Å². The van der Waals surface area contributed by atoms with E-state index in [2.05, 4.69) is 10.0 Å². The summed E-state index contributed by atoms with van der Waals surface area (Å²) >= 11 is 0. The Hall–Kier alpha value is -2.97. The zero-order chi connectivity index (χ0) is 20.1. The number of sulfonamides is 1. The first-order valence-electron chi connectivity index (χ1n) is 8.60. The number of benzene rings is 3. The zero-order valence-electron chi connectivity index (χ0n) is 15.1. The Balaban J connectivity index is 1.78. The summed E-state index contributed by atoms with van der Waals surface area (Å²) in [4.78, 5) is 12.1. The SMILES string of the molecule is CCOc1ccc(S(=O)(=O)NCC(=O)Nc2ccc(F)cc2)c2ccccc12. The van der Waals surface area contributed by atoms with Crippen LogP contribution in [0.3, 0.4) is 0 Å². The van der Waals surface area contributed by atoms with Gasteiger partial charge in [0.2, 0.25) is 15.9 Å². The molecule has 2 N–H and O–H groups in total. The van der Waals surface area contributed by atoms with Gasteiger partial charge >= 0.3 is 0 Å². The van der Waals surface area contributed by atoms with Crippen molar-refractivity contribution in [3.63, 3.8) is 0 Å². The average molecular weight is 402 g/mol. The van der Waals surface area contributed by atoms with Gasteiger partial charge in [0.1, 0.15) is 11.6 Å². The molecule has 0 heterocycles. The van der Waals surface area contributed by atoms with Gasteiger partial charge in [-0.25, -0.2) is 17.5 Å². The second-order valence-corrected chi connectivity index (χ2v) is 7.66. The van der Waals surface area contributed by atoms with Crippen LogP contribution in [-0.2, 0) is 14.8 Å². The minimum atomic E-state index is -3.94. The largest absolute Gasteiger partial charge is 0.493 e. The van der Waals surface area contributed by atoms with E-state index in [4.69, 9.17) is 4.74 Å². The number of carbonyl (C=O) groups excluding carboxylic acids is 1. The molecule has 0 bridgehead atoms. The lowest BCUT2D eigenvalue weighted by atomic mass is 10.1. The van der Waals surface area contributed by atoms with Crippen molar-refractivity contribution in [2.24, 2.45) is 0 Å². The molecular weight excluding hydrogens is 383 g/mol. The molecule has 28 heavy (non-hydrogen) atoms. The van der Waals surface area contributed by atoms with Crippen LogP contribution in [0.5, 0.6) is 5.75 Å². The first kappa shape index (κ1) is 19.8. The van der Waals surface area contributed by atoms with Gasteiger partial charge in [0, 0.05) is 16.5 Å². The smallest absolute Gasteiger partial charge is 0.241 e. The lowest BCUT2D eigenvalue weighted by Crippen LogP contribution is -2.33. The molecule has 3 aromatic carbocycles. The van der Waals surface area contributed by atoms with E-state index >= 15 is 0 Å². The van der Waals surface area contributed by atoms with Gasteiger partial charge in [0.15, 0.2) is 0 Å². The summed E-state index contributed by atoms with van der Waals surface area (Å²) < 4.78 is 46.2. The van der Waals surface area contributed by atoms with Crippen LogP contribution in [0, 0.1) is 5.82 Å².